The minimum absolute atomic E-state index is 0.0796. The summed E-state index contributed by atoms with van der Waals surface area (Å²) in [5.74, 6) is 0.994. The number of nitrogens with zero attached hydrogens (tertiary/aromatic N) is 3. The highest BCUT2D eigenvalue weighted by Gasteiger charge is 2.27. The zero-order valence-electron chi connectivity index (χ0n) is 11.1. The largest absolute Gasteiger partial charge is 0.260 e. The first-order chi connectivity index (χ1) is 8.92. The lowest BCUT2D eigenvalue weighted by molar-refractivity contribution is 0.257. The number of nitrogens with one attached hydrogen (secondary N) is 1. The quantitative estimate of drug-likeness (QED) is 0.896. The van der Waals surface area contributed by atoms with Crippen LogP contribution in [0.4, 0.5) is 0 Å². The van der Waals surface area contributed by atoms with Crippen molar-refractivity contribution in [1.82, 2.24) is 19.7 Å². The Hall–Kier alpha value is -0.470. The fourth-order valence-electron chi connectivity index (χ4n) is 2.59. The van der Waals surface area contributed by atoms with Gasteiger partial charge < -0.3 is 0 Å². The zero-order valence-corrected chi connectivity index (χ0v) is 13.5. The molecule has 6 nitrogen and oxygen atoms in total. The molecule has 2 atom stereocenters. The van der Waals surface area contributed by atoms with Gasteiger partial charge >= 0.3 is 0 Å². The van der Waals surface area contributed by atoms with E-state index in [4.69, 9.17) is 0 Å². The molecule has 0 saturated heterocycles. The first-order valence-corrected chi connectivity index (χ1v) is 8.74. The van der Waals surface area contributed by atoms with E-state index in [0.717, 1.165) is 6.42 Å². The van der Waals surface area contributed by atoms with E-state index in [0.29, 0.717) is 18.4 Å². The van der Waals surface area contributed by atoms with Gasteiger partial charge in [0.15, 0.2) is 4.60 Å². The molecule has 1 aliphatic carbocycles. The SMILES string of the molecule is CC1CCCCC1CNS(=O)(=O)c1c(Br)nnn1C. The summed E-state index contributed by atoms with van der Waals surface area (Å²) in [4.78, 5) is 0. The van der Waals surface area contributed by atoms with Crippen molar-refractivity contribution in [2.45, 2.75) is 37.6 Å². The first-order valence-electron chi connectivity index (χ1n) is 6.46. The highest BCUT2D eigenvalue weighted by molar-refractivity contribution is 9.10. The predicted octanol–water partition coefficient (Wildman–Crippen LogP) is 1.68. The normalized spacial score (nSPS) is 24.6. The van der Waals surface area contributed by atoms with Gasteiger partial charge in [-0.25, -0.2) is 17.8 Å². The van der Waals surface area contributed by atoms with Gasteiger partial charge in [-0.15, -0.1) is 5.10 Å². The summed E-state index contributed by atoms with van der Waals surface area (Å²) >= 11 is 3.12. The lowest BCUT2D eigenvalue weighted by atomic mass is 9.81. The van der Waals surface area contributed by atoms with Crippen LogP contribution < -0.4 is 4.72 Å². The lowest BCUT2D eigenvalue weighted by Crippen LogP contribution is -2.34. The summed E-state index contributed by atoms with van der Waals surface area (Å²) in [7, 11) is -1.99. The van der Waals surface area contributed by atoms with Crippen molar-refractivity contribution < 1.29 is 8.42 Å². The van der Waals surface area contributed by atoms with Crippen LogP contribution in [0.15, 0.2) is 9.63 Å². The maximum Gasteiger partial charge on any atom is 0.260 e. The van der Waals surface area contributed by atoms with Crippen molar-refractivity contribution in [1.29, 1.82) is 0 Å². The molecule has 2 unspecified atom stereocenters. The number of hydrogen-bond donors (Lipinski definition) is 1. The average Bonchev–Trinajstić information content (AvgIpc) is 2.69. The van der Waals surface area contributed by atoms with Gasteiger partial charge in [0.25, 0.3) is 10.0 Å². The first kappa shape index (κ1) is 14.9. The molecule has 0 radical (unpaired) electrons. The Labute approximate surface area is 122 Å². The zero-order chi connectivity index (χ0) is 14.0. The Morgan fingerprint density at radius 1 is 1.42 bits per heavy atom. The van der Waals surface area contributed by atoms with E-state index >= 15 is 0 Å². The van der Waals surface area contributed by atoms with Crippen LogP contribution in [0.25, 0.3) is 0 Å². The second-order valence-corrected chi connectivity index (χ2v) is 7.62. The lowest BCUT2D eigenvalue weighted by Gasteiger charge is -2.28. The molecule has 0 aliphatic heterocycles. The minimum atomic E-state index is -3.56. The van der Waals surface area contributed by atoms with E-state index in [1.165, 1.54) is 23.9 Å². The Bertz CT molecular complexity index is 523. The molecule has 1 aromatic heterocycles. The number of hydrogen-bond acceptors (Lipinski definition) is 4. The average molecular weight is 351 g/mol. The molecular formula is C11H19BrN4O2S. The van der Waals surface area contributed by atoms with Crippen LogP contribution in [0.2, 0.25) is 0 Å². The Kier molecular flexibility index (Phi) is 4.62. The number of aryl methyl sites for hydroxylation is 1. The highest BCUT2D eigenvalue weighted by atomic mass is 79.9. The van der Waals surface area contributed by atoms with Crippen molar-refractivity contribution >= 4 is 26.0 Å². The second kappa shape index (κ2) is 5.88. The van der Waals surface area contributed by atoms with Crippen molar-refractivity contribution in [3.05, 3.63) is 4.60 Å². The molecule has 0 amide bonds. The van der Waals surface area contributed by atoms with Crippen molar-refractivity contribution in [3.8, 4) is 0 Å². The van der Waals surface area contributed by atoms with Gasteiger partial charge in [-0.05, 0) is 34.2 Å². The van der Waals surface area contributed by atoms with Crippen LogP contribution in [0.1, 0.15) is 32.6 Å². The summed E-state index contributed by atoms with van der Waals surface area (Å²) in [6.07, 6.45) is 4.72. The van der Waals surface area contributed by atoms with E-state index in [9.17, 15) is 8.42 Å². The molecule has 1 aromatic rings. The molecule has 0 bridgehead atoms. The summed E-state index contributed by atoms with van der Waals surface area (Å²) in [5, 5.41) is 7.47. The van der Waals surface area contributed by atoms with Gasteiger partial charge in [-0.1, -0.05) is 31.4 Å². The van der Waals surface area contributed by atoms with Gasteiger partial charge in [0.1, 0.15) is 0 Å². The Balaban J connectivity index is 2.06. The van der Waals surface area contributed by atoms with E-state index in [1.54, 1.807) is 7.05 Å². The minimum Gasteiger partial charge on any atom is -0.235 e. The molecule has 1 heterocycles. The fourth-order valence-corrected chi connectivity index (χ4v) is 4.77. The predicted molar refractivity (Wildman–Crippen MR) is 75.0 cm³/mol. The van der Waals surface area contributed by atoms with Crippen LogP contribution in [0.5, 0.6) is 0 Å². The standard InChI is InChI=1S/C11H19BrN4O2S/c1-8-5-3-4-6-9(8)7-13-19(17,18)11-10(12)14-15-16(11)2/h8-9,13H,3-7H2,1-2H3. The molecular weight excluding hydrogens is 332 g/mol. The second-order valence-electron chi connectivity index (χ2n) is 5.18. The number of sulfonamides is 1. The maximum absolute atomic E-state index is 12.2. The van der Waals surface area contributed by atoms with Gasteiger partial charge in [-0.3, -0.25) is 0 Å². The van der Waals surface area contributed by atoms with Crippen LogP contribution in [0, 0.1) is 11.8 Å². The van der Waals surface area contributed by atoms with Crippen LogP contribution in [-0.2, 0) is 17.1 Å². The van der Waals surface area contributed by atoms with Crippen LogP contribution in [0.3, 0.4) is 0 Å². The number of halogens is 1. The summed E-state index contributed by atoms with van der Waals surface area (Å²) < 4.78 is 28.7. The molecule has 0 spiro atoms. The molecule has 1 N–H and O–H groups in total. The van der Waals surface area contributed by atoms with Crippen molar-refractivity contribution in [3.63, 3.8) is 0 Å². The molecule has 1 aliphatic rings. The third-order valence-corrected chi connectivity index (χ3v) is 6.13. The topological polar surface area (TPSA) is 76.9 Å². The van der Waals surface area contributed by atoms with Crippen molar-refractivity contribution in [2.24, 2.45) is 18.9 Å². The molecule has 2 rings (SSSR count). The Morgan fingerprint density at radius 3 is 2.68 bits per heavy atom. The van der Waals surface area contributed by atoms with Crippen LogP contribution >= 0.6 is 15.9 Å². The highest BCUT2D eigenvalue weighted by Crippen LogP contribution is 2.29. The third kappa shape index (κ3) is 3.35. The smallest absolute Gasteiger partial charge is 0.235 e. The van der Waals surface area contributed by atoms with Gasteiger partial charge in [-0.2, -0.15) is 0 Å². The summed E-state index contributed by atoms with van der Waals surface area (Å²) in [6.45, 7) is 2.68. The van der Waals surface area contributed by atoms with Gasteiger partial charge in [0, 0.05) is 13.6 Å². The third-order valence-electron chi connectivity index (χ3n) is 3.82. The van der Waals surface area contributed by atoms with E-state index < -0.39 is 10.0 Å². The van der Waals surface area contributed by atoms with Gasteiger partial charge in [0.05, 0.1) is 0 Å². The molecule has 0 aromatic carbocycles. The maximum atomic E-state index is 12.2. The molecule has 1 saturated carbocycles. The number of rotatable bonds is 4. The molecule has 108 valence electrons. The van der Waals surface area contributed by atoms with E-state index in [-0.39, 0.29) is 9.63 Å². The van der Waals surface area contributed by atoms with E-state index in [1.807, 2.05) is 0 Å². The monoisotopic (exact) mass is 350 g/mol. The van der Waals surface area contributed by atoms with Crippen molar-refractivity contribution in [2.75, 3.05) is 6.54 Å². The molecule has 8 heteroatoms. The summed E-state index contributed by atoms with van der Waals surface area (Å²) in [5.41, 5.74) is 0. The van der Waals surface area contributed by atoms with Crippen LogP contribution in [-0.4, -0.2) is 30.0 Å². The van der Waals surface area contributed by atoms with Gasteiger partial charge in [0.2, 0.25) is 5.03 Å². The molecule has 19 heavy (non-hydrogen) atoms. The molecule has 1 fully saturated rings. The fraction of sp³-hybridized carbons (Fsp3) is 0.818. The van der Waals surface area contributed by atoms with E-state index in [2.05, 4.69) is 37.9 Å². The number of aromatic nitrogens is 3. The Morgan fingerprint density at radius 2 is 2.11 bits per heavy atom. The summed E-state index contributed by atoms with van der Waals surface area (Å²) in [6, 6.07) is 0.